The minimum atomic E-state index is -1.22. The van der Waals surface area contributed by atoms with E-state index in [2.05, 4.69) is 54.8 Å². The first-order valence-electron chi connectivity index (χ1n) is 23.1. The van der Waals surface area contributed by atoms with Crippen LogP contribution in [0.4, 0.5) is 4.39 Å². The minimum absolute atomic E-state index is 0.0858. The van der Waals surface area contributed by atoms with Crippen LogP contribution in [-0.2, 0) is 52.8 Å². The third-order valence-corrected chi connectivity index (χ3v) is 13.3. The van der Waals surface area contributed by atoms with Crippen molar-refractivity contribution in [2.24, 2.45) is 17.3 Å². The Kier molecular flexibility index (Phi) is 14.5. The normalized spacial score (nSPS) is 21.0. The first kappa shape index (κ1) is 48.0. The number of rotatable bonds is 10. The number of fused-ring (bicyclic) bond motifs is 6. The van der Waals surface area contributed by atoms with Crippen molar-refractivity contribution in [2.45, 2.75) is 104 Å². The largest absolute Gasteiger partial charge is 0.464 e. The lowest BCUT2D eigenvalue weighted by Gasteiger charge is -2.37. The van der Waals surface area contributed by atoms with Crippen LogP contribution in [-0.4, -0.2) is 112 Å². The van der Waals surface area contributed by atoms with Crippen molar-refractivity contribution in [3.63, 3.8) is 0 Å². The number of aromatic nitrogens is 2. The van der Waals surface area contributed by atoms with Gasteiger partial charge in [0.25, 0.3) is 5.91 Å². The summed E-state index contributed by atoms with van der Waals surface area (Å²) in [6, 6.07) is 11.7. The third-order valence-electron chi connectivity index (χ3n) is 13.3. The zero-order valence-corrected chi connectivity index (χ0v) is 39.5. The number of halogens is 1. The third kappa shape index (κ3) is 9.92. The summed E-state index contributed by atoms with van der Waals surface area (Å²) in [5.41, 5.74) is 9.02. The molecule has 5 atom stereocenters. The Balaban J connectivity index is 1.31. The highest BCUT2D eigenvalue weighted by Gasteiger charge is 2.40. The number of ether oxygens (including phenoxy) is 2. The first-order chi connectivity index (χ1) is 31.4. The van der Waals surface area contributed by atoms with E-state index in [1.807, 2.05) is 45.0 Å². The second-order valence-corrected chi connectivity index (χ2v) is 19.1. The van der Waals surface area contributed by atoms with E-state index in [0.717, 1.165) is 39.0 Å². The monoisotopic (exact) mass is 905 g/mol. The Morgan fingerprint density at radius 3 is 2.58 bits per heavy atom. The lowest BCUT2D eigenvalue weighted by atomic mass is 9.84. The zero-order chi connectivity index (χ0) is 47.6. The van der Waals surface area contributed by atoms with Gasteiger partial charge in [0.1, 0.15) is 23.9 Å². The van der Waals surface area contributed by atoms with Gasteiger partial charge in [-0.1, -0.05) is 46.4 Å². The van der Waals surface area contributed by atoms with E-state index in [9.17, 15) is 24.0 Å². The van der Waals surface area contributed by atoms with Crippen LogP contribution >= 0.6 is 0 Å². The van der Waals surface area contributed by atoms with Crippen molar-refractivity contribution in [2.75, 3.05) is 40.4 Å². The molecule has 4 aromatic rings. The van der Waals surface area contributed by atoms with Gasteiger partial charge in [-0.25, -0.2) is 9.82 Å². The van der Waals surface area contributed by atoms with E-state index < -0.39 is 53.1 Å². The van der Waals surface area contributed by atoms with Crippen LogP contribution in [0.2, 0.25) is 0 Å². The molecule has 2 aromatic heterocycles. The van der Waals surface area contributed by atoms with E-state index in [0.29, 0.717) is 49.9 Å². The van der Waals surface area contributed by atoms with Gasteiger partial charge < -0.3 is 29.2 Å². The van der Waals surface area contributed by atoms with Crippen molar-refractivity contribution in [1.29, 1.82) is 0 Å². The van der Waals surface area contributed by atoms with Gasteiger partial charge >= 0.3 is 5.97 Å². The van der Waals surface area contributed by atoms with E-state index in [1.165, 1.54) is 28.1 Å². The molecule has 3 aliphatic rings. The fourth-order valence-electron chi connectivity index (χ4n) is 9.94. The molecule has 2 aromatic carbocycles. The second-order valence-electron chi connectivity index (χ2n) is 19.1. The smallest absolute Gasteiger partial charge is 0.324 e. The highest BCUT2D eigenvalue weighted by molar-refractivity contribution is 5.96. The number of hydrazine groups is 1. The van der Waals surface area contributed by atoms with Crippen LogP contribution in [0.5, 0.6) is 0 Å². The summed E-state index contributed by atoms with van der Waals surface area (Å²) in [7, 11) is 3.22. The Hall–Kier alpha value is -5.93. The minimum Gasteiger partial charge on any atom is -0.464 e. The fourth-order valence-corrected chi connectivity index (χ4v) is 9.94. The van der Waals surface area contributed by atoms with Gasteiger partial charge in [0.15, 0.2) is 0 Å². The SMILES string of the molecule is C=CC(=O)N1CC[C@H](C(=O)N(C)[C@H](C(=O)N[C@H]2Cc3cc(F)cc(c3)-c3ccc4c(c3)c(c(-c3cccnc3[C@H](C)OC)n4CC)CC(C)(C)COC(=O)[C@@H]3CCCN(N3)C2=O)C(C)C)C1. The van der Waals surface area contributed by atoms with Crippen molar-refractivity contribution in [1.82, 2.24) is 35.1 Å². The second kappa shape index (κ2) is 19.9. The number of carbonyl (C=O) groups is 5. The van der Waals surface area contributed by atoms with E-state index >= 15 is 4.39 Å². The van der Waals surface area contributed by atoms with E-state index in [-0.39, 0.29) is 50.0 Å². The Morgan fingerprint density at radius 1 is 1.09 bits per heavy atom. The van der Waals surface area contributed by atoms with Crippen molar-refractivity contribution < 1.29 is 37.8 Å². The van der Waals surface area contributed by atoms with Crippen LogP contribution in [0.3, 0.4) is 0 Å². The molecule has 0 unspecified atom stereocenters. The summed E-state index contributed by atoms with van der Waals surface area (Å²) >= 11 is 0. The molecule has 66 heavy (non-hydrogen) atoms. The molecule has 0 spiro atoms. The van der Waals surface area contributed by atoms with Crippen LogP contribution in [0.25, 0.3) is 33.3 Å². The average Bonchev–Trinajstić information content (AvgIpc) is 3.92. The number of hydrogen-bond donors (Lipinski definition) is 2. The van der Waals surface area contributed by atoms with Crippen LogP contribution < -0.4 is 10.7 Å². The van der Waals surface area contributed by atoms with Crippen molar-refractivity contribution >= 4 is 40.5 Å². The quantitative estimate of drug-likeness (QED) is 0.136. The van der Waals surface area contributed by atoms with E-state index in [1.54, 1.807) is 25.3 Å². The number of amides is 4. The summed E-state index contributed by atoms with van der Waals surface area (Å²) in [5, 5.41) is 5.26. The molecule has 7 rings (SSSR count). The summed E-state index contributed by atoms with van der Waals surface area (Å²) in [5.74, 6) is -3.51. The van der Waals surface area contributed by atoms with Gasteiger partial charge in [0, 0.05) is 74.8 Å². The zero-order valence-electron chi connectivity index (χ0n) is 39.5. The summed E-state index contributed by atoms with van der Waals surface area (Å²) < 4.78 is 30.1. The molecule has 0 saturated carbocycles. The first-order valence-corrected chi connectivity index (χ1v) is 23.1. The molecule has 2 fully saturated rings. The number of nitrogens with zero attached hydrogens (tertiary/aromatic N) is 5. The maximum absolute atomic E-state index is 16.0. The molecule has 6 bridgehead atoms. The molecule has 15 heteroatoms. The number of esters is 1. The predicted molar refractivity (Wildman–Crippen MR) is 250 cm³/mol. The number of cyclic esters (lactones) is 1. The molecule has 2 saturated heterocycles. The van der Waals surface area contributed by atoms with Crippen LogP contribution in [0.15, 0.2) is 67.4 Å². The molecule has 14 nitrogen and oxygen atoms in total. The molecule has 0 radical (unpaired) electrons. The summed E-state index contributed by atoms with van der Waals surface area (Å²) in [6.45, 7) is 17.0. The standard InChI is InChI=1S/C51H64FN7O7/c1-10-43(60)57-21-18-34(28-57)48(62)56(8)45(30(3)4)47(61)54-41-24-32-22-35(25-36(52)23-32)33-16-17-42-38(26-33)39(46(58(42)11-2)37-14-12-19-53-44(37)31(5)65-9)27-51(6,7)29-66-50(64)40-15-13-20-59(55-40)49(41)63/h10,12,14,16-17,19,22-23,25-26,30-31,34,40-41,45,55H,1,11,13,15,18,20-21,24,27-29H2,2-9H3,(H,54,61)/t31-,34-,40-,41-,45-/m0/s1. The van der Waals surface area contributed by atoms with Gasteiger partial charge in [0.2, 0.25) is 17.7 Å². The molecule has 3 aliphatic heterocycles. The number of methoxy groups -OCH3 is 1. The predicted octanol–water partition coefficient (Wildman–Crippen LogP) is 6.40. The van der Waals surface area contributed by atoms with Gasteiger partial charge in [0.05, 0.1) is 30.0 Å². The molecule has 5 heterocycles. The number of aryl methyl sites for hydroxylation is 1. The molecule has 0 aliphatic carbocycles. The van der Waals surface area contributed by atoms with Crippen molar-refractivity contribution in [3.8, 4) is 22.4 Å². The van der Waals surface area contributed by atoms with Gasteiger partial charge in [-0.2, -0.15) is 0 Å². The van der Waals surface area contributed by atoms with Crippen molar-refractivity contribution in [3.05, 3.63) is 90.0 Å². The fraction of sp³-hybridized carbons (Fsp3) is 0.490. The Bertz CT molecular complexity index is 2520. The number of benzene rings is 2. The maximum atomic E-state index is 16.0. The Morgan fingerprint density at radius 2 is 1.86 bits per heavy atom. The van der Waals surface area contributed by atoms with Gasteiger partial charge in [-0.05, 0) is 110 Å². The van der Waals surface area contributed by atoms with Gasteiger partial charge in [-0.15, -0.1) is 0 Å². The number of hydrogen-bond acceptors (Lipinski definition) is 9. The number of nitrogens with one attached hydrogen (secondary N) is 2. The molecular formula is C51H64FN7O7. The lowest BCUT2D eigenvalue weighted by Crippen LogP contribution is -2.62. The number of pyridine rings is 1. The molecule has 2 N–H and O–H groups in total. The summed E-state index contributed by atoms with van der Waals surface area (Å²) in [4.78, 5) is 77.0. The highest BCUT2D eigenvalue weighted by atomic mass is 19.1. The number of likely N-dealkylation sites (tertiary alicyclic amines) is 1. The Labute approximate surface area is 386 Å². The van der Waals surface area contributed by atoms with E-state index in [4.69, 9.17) is 14.5 Å². The van der Waals surface area contributed by atoms with Crippen LogP contribution in [0.1, 0.15) is 83.7 Å². The molecular weight excluding hydrogens is 842 g/mol. The number of carbonyl (C=O) groups excluding carboxylic acids is 5. The summed E-state index contributed by atoms with van der Waals surface area (Å²) in [6.07, 6.45) is 4.46. The highest BCUT2D eigenvalue weighted by Crippen LogP contribution is 2.42. The maximum Gasteiger partial charge on any atom is 0.324 e. The molecule has 4 amide bonds. The van der Waals surface area contributed by atoms with Crippen LogP contribution in [0, 0.1) is 23.1 Å². The number of likely N-dealkylation sites (N-methyl/N-ethyl adjacent to an activating group) is 1. The topological polar surface area (TPSA) is 155 Å². The lowest BCUT2D eigenvalue weighted by molar-refractivity contribution is -0.155. The average molecular weight is 906 g/mol. The molecule has 352 valence electrons. The van der Waals surface area contributed by atoms with Gasteiger partial charge in [-0.3, -0.25) is 34.0 Å².